The smallest absolute Gasteiger partial charge is 0.344 e. The standard InChI is InChI=1S/C18H18N4O5/c1-10(17(24)25)27-14-8-6-13(7-9-14)21-18(26)22-16(23)12-4-2-11(3-5-12)15(19)20/h2-10H,1H3,(H3,19,20)(H,24,25)(H2,21,22,23,26). The molecular formula is C18H18N4O5. The van der Waals surface area contributed by atoms with Crippen LogP contribution in [0.25, 0.3) is 0 Å². The second-order valence-corrected chi connectivity index (χ2v) is 5.52. The summed E-state index contributed by atoms with van der Waals surface area (Å²) in [6, 6.07) is 11.2. The number of carbonyl (C=O) groups is 3. The van der Waals surface area contributed by atoms with Gasteiger partial charge in [0.1, 0.15) is 11.6 Å². The number of urea groups is 1. The average Bonchev–Trinajstić information content (AvgIpc) is 2.63. The van der Waals surface area contributed by atoms with Crippen LogP contribution in [0.3, 0.4) is 0 Å². The number of aliphatic carboxylic acids is 1. The van der Waals surface area contributed by atoms with E-state index in [1.165, 1.54) is 55.5 Å². The lowest BCUT2D eigenvalue weighted by Crippen LogP contribution is -2.34. The Bertz CT molecular complexity index is 862. The molecule has 0 radical (unpaired) electrons. The van der Waals surface area contributed by atoms with Crippen LogP contribution in [0.5, 0.6) is 5.75 Å². The van der Waals surface area contributed by atoms with Gasteiger partial charge in [-0.3, -0.25) is 15.5 Å². The average molecular weight is 370 g/mol. The predicted octanol–water partition coefficient (Wildman–Crippen LogP) is 1.78. The normalized spacial score (nSPS) is 11.1. The number of carboxylic acids is 1. The summed E-state index contributed by atoms with van der Waals surface area (Å²) in [6.45, 7) is 1.40. The molecule has 1 atom stereocenters. The summed E-state index contributed by atoms with van der Waals surface area (Å²) in [7, 11) is 0. The maximum atomic E-state index is 12.0. The summed E-state index contributed by atoms with van der Waals surface area (Å²) in [5.41, 5.74) is 6.44. The van der Waals surface area contributed by atoms with Gasteiger partial charge in [0, 0.05) is 16.8 Å². The van der Waals surface area contributed by atoms with E-state index in [1.807, 2.05) is 0 Å². The second-order valence-electron chi connectivity index (χ2n) is 5.52. The number of carboxylic acid groups (broad SMARTS) is 1. The first kappa shape index (κ1) is 19.4. The lowest BCUT2D eigenvalue weighted by atomic mass is 10.1. The van der Waals surface area contributed by atoms with Crippen molar-refractivity contribution in [2.24, 2.45) is 5.73 Å². The molecule has 2 aromatic carbocycles. The lowest BCUT2D eigenvalue weighted by Gasteiger charge is -2.11. The Kier molecular flexibility index (Phi) is 6.10. The second kappa shape index (κ2) is 8.48. The molecule has 140 valence electrons. The Morgan fingerprint density at radius 1 is 1.04 bits per heavy atom. The van der Waals surface area contributed by atoms with E-state index in [0.29, 0.717) is 17.0 Å². The number of rotatable bonds is 6. The molecule has 9 nitrogen and oxygen atoms in total. The number of nitrogen functional groups attached to an aromatic ring is 1. The molecule has 0 aromatic heterocycles. The highest BCUT2D eigenvalue weighted by Gasteiger charge is 2.13. The minimum atomic E-state index is -1.09. The molecule has 0 heterocycles. The molecule has 0 saturated heterocycles. The van der Waals surface area contributed by atoms with E-state index in [2.05, 4.69) is 10.6 Å². The fourth-order valence-electron chi connectivity index (χ4n) is 2.01. The Morgan fingerprint density at radius 2 is 1.59 bits per heavy atom. The molecule has 0 aliphatic rings. The highest BCUT2D eigenvalue weighted by Crippen LogP contribution is 2.17. The van der Waals surface area contributed by atoms with E-state index < -0.39 is 24.0 Å². The van der Waals surface area contributed by atoms with E-state index in [9.17, 15) is 14.4 Å². The number of nitrogens with two attached hydrogens (primary N) is 1. The summed E-state index contributed by atoms with van der Waals surface area (Å²) in [5, 5.41) is 20.7. The summed E-state index contributed by atoms with van der Waals surface area (Å²) in [6.07, 6.45) is -1.00. The van der Waals surface area contributed by atoms with Gasteiger partial charge in [0.25, 0.3) is 5.91 Å². The molecule has 9 heteroatoms. The fraction of sp³-hybridized carbons (Fsp3) is 0.111. The number of amides is 3. The Labute approximate surface area is 154 Å². The largest absolute Gasteiger partial charge is 0.479 e. The van der Waals surface area contributed by atoms with Crippen LogP contribution in [0.4, 0.5) is 10.5 Å². The molecule has 27 heavy (non-hydrogen) atoms. The number of carbonyl (C=O) groups excluding carboxylic acids is 2. The molecular weight excluding hydrogens is 352 g/mol. The predicted molar refractivity (Wildman–Crippen MR) is 98.1 cm³/mol. The van der Waals surface area contributed by atoms with Crippen LogP contribution in [-0.2, 0) is 4.79 Å². The lowest BCUT2D eigenvalue weighted by molar-refractivity contribution is -0.144. The van der Waals surface area contributed by atoms with E-state index in [4.69, 9.17) is 21.0 Å². The van der Waals surface area contributed by atoms with Gasteiger partial charge in [-0.05, 0) is 43.3 Å². The van der Waals surface area contributed by atoms with Crippen LogP contribution in [0, 0.1) is 5.41 Å². The fourth-order valence-corrected chi connectivity index (χ4v) is 2.01. The van der Waals surface area contributed by atoms with Crippen molar-refractivity contribution in [2.45, 2.75) is 13.0 Å². The molecule has 0 fully saturated rings. The molecule has 2 aromatic rings. The van der Waals surface area contributed by atoms with Crippen LogP contribution >= 0.6 is 0 Å². The van der Waals surface area contributed by atoms with Crippen molar-refractivity contribution in [3.8, 4) is 5.75 Å². The van der Waals surface area contributed by atoms with Crippen molar-refractivity contribution in [1.82, 2.24) is 5.32 Å². The highest BCUT2D eigenvalue weighted by atomic mass is 16.5. The zero-order valence-electron chi connectivity index (χ0n) is 14.4. The van der Waals surface area contributed by atoms with E-state index >= 15 is 0 Å². The van der Waals surface area contributed by atoms with Crippen LogP contribution in [0.1, 0.15) is 22.8 Å². The molecule has 1 unspecified atom stereocenters. The van der Waals surface area contributed by atoms with E-state index in [0.717, 1.165) is 0 Å². The van der Waals surface area contributed by atoms with Crippen molar-refractivity contribution >= 4 is 29.4 Å². The van der Waals surface area contributed by atoms with Gasteiger partial charge in [0.15, 0.2) is 6.10 Å². The molecule has 0 bridgehead atoms. The van der Waals surface area contributed by atoms with Gasteiger partial charge in [-0.15, -0.1) is 0 Å². The number of ether oxygens (including phenoxy) is 1. The number of benzene rings is 2. The van der Waals surface area contributed by atoms with Gasteiger partial charge in [-0.25, -0.2) is 9.59 Å². The molecule has 0 saturated carbocycles. The van der Waals surface area contributed by atoms with Gasteiger partial charge in [0.05, 0.1) is 0 Å². The maximum absolute atomic E-state index is 12.0. The number of hydrogen-bond donors (Lipinski definition) is 5. The minimum Gasteiger partial charge on any atom is -0.479 e. The Morgan fingerprint density at radius 3 is 2.11 bits per heavy atom. The van der Waals surface area contributed by atoms with Gasteiger partial charge < -0.3 is 20.9 Å². The van der Waals surface area contributed by atoms with Crippen LogP contribution in [-0.4, -0.2) is 35.0 Å². The zero-order valence-corrected chi connectivity index (χ0v) is 14.4. The topological polar surface area (TPSA) is 155 Å². The van der Waals surface area contributed by atoms with Crippen molar-refractivity contribution in [3.05, 3.63) is 59.7 Å². The maximum Gasteiger partial charge on any atom is 0.344 e. The number of anilines is 1. The van der Waals surface area contributed by atoms with Crippen molar-refractivity contribution in [2.75, 3.05) is 5.32 Å². The van der Waals surface area contributed by atoms with Crippen LogP contribution in [0.2, 0.25) is 0 Å². The Hall–Kier alpha value is -3.88. The van der Waals surface area contributed by atoms with Crippen LogP contribution < -0.4 is 21.1 Å². The SMILES string of the molecule is CC(Oc1ccc(NC(=O)NC(=O)c2ccc(C(=N)N)cc2)cc1)C(=O)O. The van der Waals surface area contributed by atoms with Crippen LogP contribution in [0.15, 0.2) is 48.5 Å². The highest BCUT2D eigenvalue weighted by molar-refractivity contribution is 6.08. The molecule has 3 amide bonds. The van der Waals surface area contributed by atoms with Gasteiger partial charge >= 0.3 is 12.0 Å². The Balaban J connectivity index is 1.92. The monoisotopic (exact) mass is 370 g/mol. The van der Waals surface area contributed by atoms with Gasteiger partial charge in [-0.2, -0.15) is 0 Å². The number of hydrogen-bond acceptors (Lipinski definition) is 5. The third kappa shape index (κ3) is 5.56. The molecule has 6 N–H and O–H groups in total. The summed E-state index contributed by atoms with van der Waals surface area (Å²) >= 11 is 0. The van der Waals surface area contributed by atoms with E-state index in [1.54, 1.807) is 0 Å². The number of nitrogens with one attached hydrogen (secondary N) is 3. The first-order valence-electron chi connectivity index (χ1n) is 7.82. The quantitative estimate of drug-likeness (QED) is 0.386. The van der Waals surface area contributed by atoms with Gasteiger partial charge in [-0.1, -0.05) is 12.1 Å². The summed E-state index contributed by atoms with van der Waals surface area (Å²) in [4.78, 5) is 34.7. The third-order valence-corrected chi connectivity index (χ3v) is 3.46. The summed E-state index contributed by atoms with van der Waals surface area (Å²) < 4.78 is 5.18. The number of imide groups is 1. The molecule has 0 aliphatic carbocycles. The van der Waals surface area contributed by atoms with Crippen molar-refractivity contribution in [1.29, 1.82) is 5.41 Å². The van der Waals surface area contributed by atoms with Crippen molar-refractivity contribution in [3.63, 3.8) is 0 Å². The first-order chi connectivity index (χ1) is 12.8. The third-order valence-electron chi connectivity index (χ3n) is 3.46. The molecule has 0 aliphatic heterocycles. The number of amidine groups is 1. The zero-order chi connectivity index (χ0) is 20.0. The minimum absolute atomic E-state index is 0.120. The first-order valence-corrected chi connectivity index (χ1v) is 7.82. The molecule has 0 spiro atoms. The van der Waals surface area contributed by atoms with Crippen molar-refractivity contribution < 1.29 is 24.2 Å². The van der Waals surface area contributed by atoms with E-state index in [-0.39, 0.29) is 11.4 Å². The molecule has 2 rings (SSSR count). The summed E-state index contributed by atoms with van der Waals surface area (Å²) in [5.74, 6) is -1.49. The van der Waals surface area contributed by atoms with Gasteiger partial charge in [0.2, 0.25) is 0 Å².